The van der Waals surface area contributed by atoms with Crippen molar-refractivity contribution in [2.45, 2.75) is 25.0 Å². The number of amides is 2. The third-order valence-corrected chi connectivity index (χ3v) is 5.98. The summed E-state index contributed by atoms with van der Waals surface area (Å²) in [6.07, 6.45) is 2.91. The van der Waals surface area contributed by atoms with Crippen LogP contribution in [-0.4, -0.2) is 17.6 Å². The van der Waals surface area contributed by atoms with E-state index in [2.05, 4.69) is 5.32 Å². The van der Waals surface area contributed by atoms with Gasteiger partial charge in [0.15, 0.2) is 0 Å². The van der Waals surface area contributed by atoms with E-state index in [9.17, 15) is 9.59 Å². The SMILES string of the molecule is NC(=O)c1c(NC(=O)CSCc2ccccc2)sc2c1CCC2. The molecule has 0 aliphatic heterocycles. The van der Waals surface area contributed by atoms with Crippen LogP contribution in [0.15, 0.2) is 30.3 Å². The molecule has 1 aromatic heterocycles. The monoisotopic (exact) mass is 346 g/mol. The summed E-state index contributed by atoms with van der Waals surface area (Å²) in [4.78, 5) is 25.0. The summed E-state index contributed by atoms with van der Waals surface area (Å²) < 4.78 is 0. The maximum absolute atomic E-state index is 12.1. The van der Waals surface area contributed by atoms with Gasteiger partial charge in [-0.05, 0) is 30.4 Å². The molecule has 1 aliphatic carbocycles. The molecule has 23 heavy (non-hydrogen) atoms. The lowest BCUT2D eigenvalue weighted by Crippen LogP contribution is -2.19. The fourth-order valence-corrected chi connectivity index (χ4v) is 4.85. The third kappa shape index (κ3) is 3.76. The van der Waals surface area contributed by atoms with Crippen LogP contribution in [0.3, 0.4) is 0 Å². The van der Waals surface area contributed by atoms with Gasteiger partial charge in [0.05, 0.1) is 11.3 Å². The normalized spacial score (nSPS) is 12.9. The van der Waals surface area contributed by atoms with Gasteiger partial charge in [0.2, 0.25) is 5.91 Å². The van der Waals surface area contributed by atoms with Gasteiger partial charge in [0, 0.05) is 10.6 Å². The van der Waals surface area contributed by atoms with Crippen molar-refractivity contribution in [3.05, 3.63) is 51.9 Å². The molecule has 0 fully saturated rings. The molecule has 0 saturated heterocycles. The Morgan fingerprint density at radius 1 is 1.22 bits per heavy atom. The summed E-state index contributed by atoms with van der Waals surface area (Å²) in [5.74, 6) is 0.609. The highest BCUT2D eigenvalue weighted by Crippen LogP contribution is 2.38. The Morgan fingerprint density at radius 2 is 2.00 bits per heavy atom. The summed E-state index contributed by atoms with van der Waals surface area (Å²) in [5.41, 5.74) is 8.24. The second-order valence-electron chi connectivity index (χ2n) is 5.45. The lowest BCUT2D eigenvalue weighted by molar-refractivity contribution is -0.113. The average Bonchev–Trinajstić information content (AvgIpc) is 3.08. The zero-order chi connectivity index (χ0) is 16.2. The van der Waals surface area contributed by atoms with Crippen LogP contribution < -0.4 is 11.1 Å². The van der Waals surface area contributed by atoms with Crippen molar-refractivity contribution in [2.75, 3.05) is 11.1 Å². The van der Waals surface area contributed by atoms with E-state index >= 15 is 0 Å². The molecule has 0 bridgehead atoms. The molecular formula is C17H18N2O2S2. The van der Waals surface area contributed by atoms with E-state index < -0.39 is 5.91 Å². The van der Waals surface area contributed by atoms with Crippen LogP contribution in [0.1, 0.15) is 32.8 Å². The number of hydrogen-bond donors (Lipinski definition) is 2. The Morgan fingerprint density at radius 3 is 2.74 bits per heavy atom. The van der Waals surface area contributed by atoms with Gasteiger partial charge in [-0.1, -0.05) is 30.3 Å². The summed E-state index contributed by atoms with van der Waals surface area (Å²) in [6, 6.07) is 10.0. The topological polar surface area (TPSA) is 72.2 Å². The number of thioether (sulfide) groups is 1. The standard InChI is InChI=1S/C17H18N2O2S2/c18-16(21)15-12-7-4-8-13(12)23-17(15)19-14(20)10-22-9-11-5-2-1-3-6-11/h1-3,5-6H,4,7-10H2,(H2,18,21)(H,19,20). The first kappa shape index (κ1) is 16.1. The zero-order valence-electron chi connectivity index (χ0n) is 12.6. The highest BCUT2D eigenvalue weighted by atomic mass is 32.2. The Hall–Kier alpha value is -1.79. The van der Waals surface area contributed by atoms with Gasteiger partial charge in [-0.2, -0.15) is 0 Å². The van der Waals surface area contributed by atoms with Gasteiger partial charge >= 0.3 is 0 Å². The largest absolute Gasteiger partial charge is 0.365 e. The van der Waals surface area contributed by atoms with Crippen LogP contribution in [-0.2, 0) is 23.4 Å². The van der Waals surface area contributed by atoms with Gasteiger partial charge in [-0.3, -0.25) is 9.59 Å². The van der Waals surface area contributed by atoms with Crippen molar-refractivity contribution in [3.8, 4) is 0 Å². The van der Waals surface area contributed by atoms with Crippen molar-refractivity contribution in [2.24, 2.45) is 5.73 Å². The van der Waals surface area contributed by atoms with Crippen molar-refractivity contribution < 1.29 is 9.59 Å². The van der Waals surface area contributed by atoms with Crippen LogP contribution in [0.2, 0.25) is 0 Å². The van der Waals surface area contributed by atoms with E-state index in [1.807, 2.05) is 30.3 Å². The highest BCUT2D eigenvalue weighted by Gasteiger charge is 2.25. The van der Waals surface area contributed by atoms with E-state index in [-0.39, 0.29) is 5.91 Å². The smallest absolute Gasteiger partial charge is 0.251 e. The molecule has 0 radical (unpaired) electrons. The second-order valence-corrected chi connectivity index (χ2v) is 7.54. The molecule has 0 unspecified atom stereocenters. The molecule has 1 aromatic carbocycles. The lowest BCUT2D eigenvalue weighted by Gasteiger charge is -2.06. The molecule has 3 rings (SSSR count). The summed E-state index contributed by atoms with van der Waals surface area (Å²) >= 11 is 3.05. The van der Waals surface area contributed by atoms with E-state index in [0.717, 1.165) is 30.6 Å². The number of nitrogens with two attached hydrogens (primary N) is 1. The van der Waals surface area contributed by atoms with Crippen LogP contribution in [0, 0.1) is 0 Å². The molecule has 4 nitrogen and oxygen atoms in total. The molecule has 0 spiro atoms. The number of thiophene rings is 1. The first-order valence-corrected chi connectivity index (χ1v) is 9.48. The second kappa shape index (κ2) is 7.19. The van der Waals surface area contributed by atoms with Crippen molar-refractivity contribution in [3.63, 3.8) is 0 Å². The molecule has 1 aliphatic rings. The Bertz CT molecular complexity index is 726. The predicted octanol–water partition coefficient (Wildman–Crippen LogP) is 3.21. The van der Waals surface area contributed by atoms with E-state index in [0.29, 0.717) is 16.3 Å². The van der Waals surface area contributed by atoms with Gasteiger partial charge in [0.25, 0.3) is 5.91 Å². The minimum absolute atomic E-state index is 0.0895. The fourth-order valence-electron chi connectivity index (χ4n) is 2.75. The maximum Gasteiger partial charge on any atom is 0.251 e. The molecule has 0 atom stereocenters. The van der Waals surface area contributed by atoms with E-state index in [1.165, 1.54) is 21.8 Å². The van der Waals surface area contributed by atoms with E-state index in [4.69, 9.17) is 5.73 Å². The van der Waals surface area contributed by atoms with Crippen LogP contribution >= 0.6 is 23.1 Å². The number of carbonyl (C=O) groups excluding carboxylic acids is 2. The molecule has 1 heterocycles. The molecule has 0 saturated carbocycles. The third-order valence-electron chi connectivity index (χ3n) is 3.77. The molecule has 3 N–H and O–H groups in total. The number of benzene rings is 1. The van der Waals surface area contributed by atoms with E-state index in [1.54, 1.807) is 11.8 Å². The Balaban J connectivity index is 1.59. The molecule has 120 valence electrons. The first-order valence-electron chi connectivity index (χ1n) is 7.51. The highest BCUT2D eigenvalue weighted by molar-refractivity contribution is 7.99. The number of anilines is 1. The van der Waals surface area contributed by atoms with Crippen molar-refractivity contribution >= 4 is 39.9 Å². The predicted molar refractivity (Wildman–Crippen MR) is 96.1 cm³/mol. The van der Waals surface area contributed by atoms with Gasteiger partial charge in [-0.15, -0.1) is 23.1 Å². The number of carbonyl (C=O) groups is 2. The number of rotatable bonds is 6. The maximum atomic E-state index is 12.1. The minimum atomic E-state index is -0.448. The molecular weight excluding hydrogens is 328 g/mol. The lowest BCUT2D eigenvalue weighted by atomic mass is 10.1. The van der Waals surface area contributed by atoms with Gasteiger partial charge in [-0.25, -0.2) is 0 Å². The van der Waals surface area contributed by atoms with Gasteiger partial charge in [0.1, 0.15) is 5.00 Å². The van der Waals surface area contributed by atoms with Crippen molar-refractivity contribution in [1.82, 2.24) is 0 Å². The molecule has 6 heteroatoms. The number of nitrogens with one attached hydrogen (secondary N) is 1. The quantitative estimate of drug-likeness (QED) is 0.843. The number of hydrogen-bond acceptors (Lipinski definition) is 4. The number of aryl methyl sites for hydroxylation is 1. The fraction of sp³-hybridized carbons (Fsp3) is 0.294. The Kier molecular flexibility index (Phi) is 5.03. The molecule has 2 amide bonds. The van der Waals surface area contributed by atoms with Crippen LogP contribution in [0.5, 0.6) is 0 Å². The number of fused-ring (bicyclic) bond motifs is 1. The Labute approximate surface area is 143 Å². The van der Waals surface area contributed by atoms with Crippen molar-refractivity contribution in [1.29, 1.82) is 0 Å². The zero-order valence-corrected chi connectivity index (χ0v) is 14.3. The molecule has 2 aromatic rings. The number of primary amides is 1. The summed E-state index contributed by atoms with van der Waals surface area (Å²) in [6.45, 7) is 0. The van der Waals surface area contributed by atoms with Crippen LogP contribution in [0.4, 0.5) is 5.00 Å². The van der Waals surface area contributed by atoms with Crippen LogP contribution in [0.25, 0.3) is 0 Å². The van der Waals surface area contributed by atoms with Gasteiger partial charge < -0.3 is 11.1 Å². The average molecular weight is 346 g/mol. The minimum Gasteiger partial charge on any atom is -0.365 e. The summed E-state index contributed by atoms with van der Waals surface area (Å²) in [5, 5.41) is 3.48. The first-order chi connectivity index (χ1) is 11.1. The summed E-state index contributed by atoms with van der Waals surface area (Å²) in [7, 11) is 0.